The van der Waals surface area contributed by atoms with E-state index in [9.17, 15) is 4.79 Å². The molecule has 0 fully saturated rings. The van der Waals surface area contributed by atoms with Crippen molar-refractivity contribution >= 4 is 5.97 Å². The number of ether oxygens (including phenoxy) is 2. The Kier molecular flexibility index (Phi) is 5.88. The highest BCUT2D eigenvalue weighted by molar-refractivity contribution is 5.86. The first-order valence-corrected chi connectivity index (χ1v) is 5.98. The standard InChI is InChI=1S/C13H21NO4/c1-9(8-16-3)7-14-10(2)11-5-6-12(18-11)13(15)17-4/h5-6,9-10,14H,7-8H2,1-4H3. The number of hydrogen-bond donors (Lipinski definition) is 1. The number of rotatable bonds is 7. The van der Waals surface area contributed by atoms with Gasteiger partial charge in [-0.3, -0.25) is 0 Å². The fraction of sp³-hybridized carbons (Fsp3) is 0.615. The minimum atomic E-state index is -0.457. The smallest absolute Gasteiger partial charge is 0.373 e. The topological polar surface area (TPSA) is 60.7 Å². The SMILES string of the molecule is COCC(C)CNC(C)c1ccc(C(=O)OC)o1. The maximum atomic E-state index is 11.2. The van der Waals surface area contributed by atoms with Crippen LogP contribution in [0.2, 0.25) is 0 Å². The van der Waals surface area contributed by atoms with Crippen LogP contribution in [0.25, 0.3) is 0 Å². The summed E-state index contributed by atoms with van der Waals surface area (Å²) in [5.74, 6) is 0.916. The van der Waals surface area contributed by atoms with Gasteiger partial charge in [0.1, 0.15) is 5.76 Å². The van der Waals surface area contributed by atoms with Gasteiger partial charge in [-0.25, -0.2) is 4.79 Å². The van der Waals surface area contributed by atoms with Crippen LogP contribution in [0.15, 0.2) is 16.5 Å². The third-order valence-corrected chi connectivity index (χ3v) is 2.66. The van der Waals surface area contributed by atoms with Gasteiger partial charge in [0.2, 0.25) is 5.76 Å². The lowest BCUT2D eigenvalue weighted by atomic mass is 10.1. The molecule has 0 aliphatic heterocycles. The van der Waals surface area contributed by atoms with Crippen molar-refractivity contribution in [1.29, 1.82) is 0 Å². The van der Waals surface area contributed by atoms with Crippen LogP contribution in [0.3, 0.4) is 0 Å². The predicted molar refractivity (Wildman–Crippen MR) is 67.5 cm³/mol. The molecule has 2 atom stereocenters. The Morgan fingerprint density at radius 3 is 2.72 bits per heavy atom. The average molecular weight is 255 g/mol. The van der Waals surface area contributed by atoms with Crippen molar-refractivity contribution in [3.63, 3.8) is 0 Å². The van der Waals surface area contributed by atoms with E-state index in [2.05, 4.69) is 17.0 Å². The molecule has 0 spiro atoms. The Morgan fingerprint density at radius 2 is 2.11 bits per heavy atom. The Hall–Kier alpha value is -1.33. The zero-order valence-corrected chi connectivity index (χ0v) is 11.4. The van der Waals surface area contributed by atoms with Crippen molar-refractivity contribution < 1.29 is 18.7 Å². The van der Waals surface area contributed by atoms with Gasteiger partial charge >= 0.3 is 5.97 Å². The van der Waals surface area contributed by atoms with Crippen molar-refractivity contribution in [2.75, 3.05) is 27.4 Å². The fourth-order valence-electron chi connectivity index (χ4n) is 1.62. The quantitative estimate of drug-likeness (QED) is 0.755. The number of carbonyl (C=O) groups excluding carboxylic acids is 1. The fourth-order valence-corrected chi connectivity index (χ4v) is 1.62. The number of methoxy groups -OCH3 is 2. The molecule has 1 N–H and O–H groups in total. The molecule has 1 rings (SSSR count). The molecule has 0 saturated carbocycles. The third kappa shape index (κ3) is 4.16. The highest BCUT2D eigenvalue weighted by Crippen LogP contribution is 2.17. The maximum absolute atomic E-state index is 11.2. The summed E-state index contributed by atoms with van der Waals surface area (Å²) in [6, 6.07) is 3.45. The molecule has 2 unspecified atom stereocenters. The largest absolute Gasteiger partial charge is 0.463 e. The second kappa shape index (κ2) is 7.18. The van der Waals surface area contributed by atoms with E-state index in [0.29, 0.717) is 12.5 Å². The molecule has 0 radical (unpaired) electrons. The van der Waals surface area contributed by atoms with Gasteiger partial charge in [-0.05, 0) is 25.0 Å². The molecule has 102 valence electrons. The highest BCUT2D eigenvalue weighted by atomic mass is 16.5. The summed E-state index contributed by atoms with van der Waals surface area (Å²) in [5, 5.41) is 3.33. The zero-order chi connectivity index (χ0) is 13.5. The summed E-state index contributed by atoms with van der Waals surface area (Å²) in [7, 11) is 3.02. The molecule has 0 aliphatic rings. The summed E-state index contributed by atoms with van der Waals surface area (Å²) in [5.41, 5.74) is 0. The Balaban J connectivity index is 2.49. The Labute approximate surface area is 107 Å². The molecule has 5 nitrogen and oxygen atoms in total. The van der Waals surface area contributed by atoms with Crippen molar-refractivity contribution in [3.05, 3.63) is 23.7 Å². The molecule has 5 heteroatoms. The number of nitrogens with one attached hydrogen (secondary N) is 1. The zero-order valence-electron chi connectivity index (χ0n) is 11.4. The van der Waals surface area contributed by atoms with E-state index in [1.54, 1.807) is 19.2 Å². The molecule has 0 aliphatic carbocycles. The van der Waals surface area contributed by atoms with E-state index in [1.165, 1.54) is 7.11 Å². The van der Waals surface area contributed by atoms with E-state index < -0.39 is 5.97 Å². The van der Waals surface area contributed by atoms with Gasteiger partial charge in [-0.15, -0.1) is 0 Å². The molecular weight excluding hydrogens is 234 g/mol. The van der Waals surface area contributed by atoms with Gasteiger partial charge in [0, 0.05) is 20.3 Å². The lowest BCUT2D eigenvalue weighted by molar-refractivity contribution is 0.0562. The molecule has 0 amide bonds. The van der Waals surface area contributed by atoms with Gasteiger partial charge in [-0.1, -0.05) is 6.92 Å². The van der Waals surface area contributed by atoms with E-state index >= 15 is 0 Å². The van der Waals surface area contributed by atoms with Gasteiger partial charge in [0.05, 0.1) is 13.2 Å². The summed E-state index contributed by atoms with van der Waals surface area (Å²) in [6.45, 7) is 5.62. The van der Waals surface area contributed by atoms with Crippen molar-refractivity contribution in [2.45, 2.75) is 19.9 Å². The van der Waals surface area contributed by atoms with Crippen LogP contribution in [0.5, 0.6) is 0 Å². The lowest BCUT2D eigenvalue weighted by Gasteiger charge is -2.15. The molecule has 1 heterocycles. The van der Waals surface area contributed by atoms with Crippen LogP contribution in [0, 0.1) is 5.92 Å². The van der Waals surface area contributed by atoms with Gasteiger partial charge in [0.15, 0.2) is 0 Å². The monoisotopic (exact) mass is 255 g/mol. The minimum Gasteiger partial charge on any atom is -0.463 e. The van der Waals surface area contributed by atoms with E-state index in [4.69, 9.17) is 9.15 Å². The average Bonchev–Trinajstić information content (AvgIpc) is 2.85. The Bertz CT molecular complexity index is 375. The molecule has 0 bridgehead atoms. The van der Waals surface area contributed by atoms with Crippen molar-refractivity contribution in [3.8, 4) is 0 Å². The maximum Gasteiger partial charge on any atom is 0.373 e. The molecular formula is C13H21NO4. The Morgan fingerprint density at radius 1 is 1.39 bits per heavy atom. The first-order chi connectivity index (χ1) is 8.58. The molecule has 1 aromatic rings. The summed E-state index contributed by atoms with van der Waals surface area (Å²) < 4.78 is 15.1. The normalized spacial score (nSPS) is 14.2. The van der Waals surface area contributed by atoms with Crippen LogP contribution in [0.4, 0.5) is 0 Å². The lowest BCUT2D eigenvalue weighted by Crippen LogP contribution is -2.26. The summed E-state index contributed by atoms with van der Waals surface area (Å²) in [4.78, 5) is 11.2. The highest BCUT2D eigenvalue weighted by Gasteiger charge is 2.15. The van der Waals surface area contributed by atoms with E-state index in [1.807, 2.05) is 6.92 Å². The van der Waals surface area contributed by atoms with Crippen LogP contribution >= 0.6 is 0 Å². The number of furan rings is 1. The number of carbonyl (C=O) groups is 1. The first-order valence-electron chi connectivity index (χ1n) is 5.98. The summed E-state index contributed by atoms with van der Waals surface area (Å²) >= 11 is 0. The van der Waals surface area contributed by atoms with E-state index in [0.717, 1.165) is 12.3 Å². The van der Waals surface area contributed by atoms with E-state index in [-0.39, 0.29) is 11.8 Å². The van der Waals surface area contributed by atoms with Crippen LogP contribution in [-0.2, 0) is 9.47 Å². The van der Waals surface area contributed by atoms with Crippen LogP contribution in [-0.4, -0.2) is 33.3 Å². The molecule has 0 saturated heterocycles. The van der Waals surface area contributed by atoms with Gasteiger partial charge in [-0.2, -0.15) is 0 Å². The third-order valence-electron chi connectivity index (χ3n) is 2.66. The first kappa shape index (κ1) is 14.7. The predicted octanol–water partition coefficient (Wildman–Crippen LogP) is 2.00. The molecule has 1 aromatic heterocycles. The van der Waals surface area contributed by atoms with Crippen LogP contribution < -0.4 is 5.32 Å². The van der Waals surface area contributed by atoms with Crippen molar-refractivity contribution in [1.82, 2.24) is 5.32 Å². The molecule has 18 heavy (non-hydrogen) atoms. The minimum absolute atomic E-state index is 0.0442. The second-order valence-electron chi connectivity index (χ2n) is 4.38. The van der Waals surface area contributed by atoms with Gasteiger partial charge in [0.25, 0.3) is 0 Å². The van der Waals surface area contributed by atoms with Crippen LogP contribution in [0.1, 0.15) is 36.2 Å². The number of esters is 1. The summed E-state index contributed by atoms with van der Waals surface area (Å²) in [6.07, 6.45) is 0. The molecule has 0 aromatic carbocycles. The van der Waals surface area contributed by atoms with Crippen molar-refractivity contribution in [2.24, 2.45) is 5.92 Å². The van der Waals surface area contributed by atoms with Gasteiger partial charge < -0.3 is 19.2 Å². The second-order valence-corrected chi connectivity index (χ2v) is 4.38. The number of hydrogen-bond acceptors (Lipinski definition) is 5.